The molecule has 1 aromatic heterocycles. The first-order valence-electron chi connectivity index (χ1n) is 5.50. The highest BCUT2D eigenvalue weighted by Gasteiger charge is 2.14. The van der Waals surface area contributed by atoms with Gasteiger partial charge in [0.05, 0.1) is 6.04 Å². The van der Waals surface area contributed by atoms with Gasteiger partial charge in [0, 0.05) is 17.4 Å². The molecule has 1 atom stereocenters. The number of hydrogen-bond donors (Lipinski definition) is 2. The first-order valence-corrected chi connectivity index (χ1v) is 5.88. The maximum atomic E-state index is 13.2. The van der Waals surface area contributed by atoms with Crippen molar-refractivity contribution in [2.75, 3.05) is 0 Å². The van der Waals surface area contributed by atoms with E-state index in [9.17, 15) is 4.39 Å². The zero-order chi connectivity index (χ0) is 13.0. The fourth-order valence-corrected chi connectivity index (χ4v) is 2.04. The molecule has 0 spiro atoms. The van der Waals surface area contributed by atoms with Crippen LogP contribution in [0.3, 0.4) is 0 Å². The lowest BCUT2D eigenvalue weighted by molar-refractivity contribution is 0.544. The standard InChI is InChI=1S/C13H13ClFN3/c14-12-2-1-10(15)8-11(12)13(18-16)7-9-3-5-17-6-4-9/h1-6,8,13,18H,7,16H2. The minimum absolute atomic E-state index is 0.240. The van der Waals surface area contributed by atoms with E-state index in [-0.39, 0.29) is 11.9 Å². The zero-order valence-corrected chi connectivity index (χ0v) is 10.4. The Labute approximate surface area is 110 Å². The van der Waals surface area contributed by atoms with Crippen molar-refractivity contribution in [3.8, 4) is 0 Å². The van der Waals surface area contributed by atoms with E-state index in [1.165, 1.54) is 18.2 Å². The summed E-state index contributed by atoms with van der Waals surface area (Å²) >= 11 is 6.06. The van der Waals surface area contributed by atoms with E-state index in [0.717, 1.165) is 5.56 Å². The fourth-order valence-electron chi connectivity index (χ4n) is 1.79. The van der Waals surface area contributed by atoms with Gasteiger partial charge in [-0.05, 0) is 47.9 Å². The predicted molar refractivity (Wildman–Crippen MR) is 69.4 cm³/mol. The molecule has 0 amide bonds. The summed E-state index contributed by atoms with van der Waals surface area (Å²) in [6.07, 6.45) is 4.02. The molecule has 0 aliphatic heterocycles. The summed E-state index contributed by atoms with van der Waals surface area (Å²) in [5.74, 6) is 5.20. The number of hydrazine groups is 1. The molecule has 0 aliphatic carbocycles. The number of benzene rings is 1. The second-order valence-corrected chi connectivity index (χ2v) is 4.35. The number of nitrogens with zero attached hydrogens (tertiary/aromatic N) is 1. The maximum absolute atomic E-state index is 13.2. The van der Waals surface area contributed by atoms with Gasteiger partial charge in [-0.25, -0.2) is 4.39 Å². The molecular formula is C13H13ClFN3. The van der Waals surface area contributed by atoms with Crippen LogP contribution in [-0.2, 0) is 6.42 Å². The summed E-state index contributed by atoms with van der Waals surface area (Å²) in [5.41, 5.74) is 4.36. The number of rotatable bonds is 4. The third kappa shape index (κ3) is 3.04. The molecule has 1 unspecified atom stereocenters. The summed E-state index contributed by atoms with van der Waals surface area (Å²) in [4.78, 5) is 3.95. The van der Waals surface area contributed by atoms with Crippen molar-refractivity contribution in [1.82, 2.24) is 10.4 Å². The van der Waals surface area contributed by atoms with Crippen molar-refractivity contribution >= 4 is 11.6 Å². The van der Waals surface area contributed by atoms with E-state index in [1.54, 1.807) is 12.4 Å². The Balaban J connectivity index is 2.26. The summed E-state index contributed by atoms with van der Waals surface area (Å²) in [5, 5.41) is 0.494. The van der Waals surface area contributed by atoms with E-state index in [4.69, 9.17) is 17.4 Å². The Kier molecular flexibility index (Phi) is 4.25. The number of aromatic nitrogens is 1. The van der Waals surface area contributed by atoms with E-state index >= 15 is 0 Å². The molecule has 2 rings (SSSR count). The minimum Gasteiger partial charge on any atom is -0.271 e. The Morgan fingerprint density at radius 2 is 2.00 bits per heavy atom. The van der Waals surface area contributed by atoms with Crippen molar-refractivity contribution in [3.05, 3.63) is 64.7 Å². The monoisotopic (exact) mass is 265 g/mol. The molecule has 0 fully saturated rings. The van der Waals surface area contributed by atoms with Gasteiger partial charge >= 0.3 is 0 Å². The molecule has 3 N–H and O–H groups in total. The van der Waals surface area contributed by atoms with E-state index in [0.29, 0.717) is 17.0 Å². The van der Waals surface area contributed by atoms with Crippen LogP contribution in [0, 0.1) is 5.82 Å². The lowest BCUT2D eigenvalue weighted by Gasteiger charge is -2.17. The molecule has 5 heteroatoms. The first kappa shape index (κ1) is 13.0. The molecule has 94 valence electrons. The summed E-state index contributed by atoms with van der Waals surface area (Å²) < 4.78 is 13.2. The van der Waals surface area contributed by atoms with Crippen LogP contribution >= 0.6 is 11.6 Å². The molecule has 0 bridgehead atoms. The van der Waals surface area contributed by atoms with Gasteiger partial charge in [0.1, 0.15) is 5.82 Å². The second-order valence-electron chi connectivity index (χ2n) is 3.94. The highest BCUT2D eigenvalue weighted by Crippen LogP contribution is 2.26. The SMILES string of the molecule is NNC(Cc1ccncc1)c1cc(F)ccc1Cl. The van der Waals surface area contributed by atoms with Gasteiger partial charge in [-0.15, -0.1) is 0 Å². The smallest absolute Gasteiger partial charge is 0.123 e. The number of nitrogens with one attached hydrogen (secondary N) is 1. The molecular weight excluding hydrogens is 253 g/mol. The van der Waals surface area contributed by atoms with Gasteiger partial charge in [0.2, 0.25) is 0 Å². The molecule has 1 heterocycles. The van der Waals surface area contributed by atoms with Crippen molar-refractivity contribution in [2.24, 2.45) is 5.84 Å². The van der Waals surface area contributed by atoms with Gasteiger partial charge in [0.25, 0.3) is 0 Å². The highest BCUT2D eigenvalue weighted by molar-refractivity contribution is 6.31. The minimum atomic E-state index is -0.329. The number of hydrogen-bond acceptors (Lipinski definition) is 3. The summed E-state index contributed by atoms with van der Waals surface area (Å²) in [7, 11) is 0. The normalized spacial score (nSPS) is 12.4. The topological polar surface area (TPSA) is 50.9 Å². The van der Waals surface area contributed by atoms with Gasteiger partial charge in [-0.1, -0.05) is 11.6 Å². The van der Waals surface area contributed by atoms with Crippen LogP contribution < -0.4 is 11.3 Å². The molecule has 2 aromatic rings. The Hall–Kier alpha value is -1.49. The van der Waals surface area contributed by atoms with Gasteiger partial charge < -0.3 is 0 Å². The van der Waals surface area contributed by atoms with Crippen molar-refractivity contribution < 1.29 is 4.39 Å². The molecule has 0 saturated heterocycles. The van der Waals surface area contributed by atoms with Gasteiger partial charge in [-0.3, -0.25) is 16.3 Å². The Bertz CT molecular complexity index is 519. The molecule has 18 heavy (non-hydrogen) atoms. The highest BCUT2D eigenvalue weighted by atomic mass is 35.5. The van der Waals surface area contributed by atoms with E-state index in [2.05, 4.69) is 10.4 Å². The maximum Gasteiger partial charge on any atom is 0.123 e. The first-order chi connectivity index (χ1) is 8.70. The van der Waals surface area contributed by atoms with Crippen LogP contribution in [0.15, 0.2) is 42.7 Å². The molecule has 3 nitrogen and oxygen atoms in total. The van der Waals surface area contributed by atoms with E-state index < -0.39 is 0 Å². The average molecular weight is 266 g/mol. The molecule has 0 radical (unpaired) electrons. The summed E-state index contributed by atoms with van der Waals surface area (Å²) in [6.45, 7) is 0. The van der Waals surface area contributed by atoms with Crippen LogP contribution in [-0.4, -0.2) is 4.98 Å². The number of halogens is 2. The van der Waals surface area contributed by atoms with Gasteiger partial charge in [0.15, 0.2) is 0 Å². The van der Waals surface area contributed by atoms with Crippen molar-refractivity contribution in [3.63, 3.8) is 0 Å². The molecule has 0 saturated carbocycles. The Morgan fingerprint density at radius 3 is 2.67 bits per heavy atom. The lowest BCUT2D eigenvalue weighted by atomic mass is 10.00. The lowest BCUT2D eigenvalue weighted by Crippen LogP contribution is -2.29. The van der Waals surface area contributed by atoms with Gasteiger partial charge in [-0.2, -0.15) is 0 Å². The largest absolute Gasteiger partial charge is 0.271 e. The average Bonchev–Trinajstić information content (AvgIpc) is 2.40. The van der Waals surface area contributed by atoms with Crippen molar-refractivity contribution in [1.29, 1.82) is 0 Å². The Morgan fingerprint density at radius 1 is 1.28 bits per heavy atom. The van der Waals surface area contributed by atoms with Crippen LogP contribution in [0.4, 0.5) is 4.39 Å². The number of nitrogens with two attached hydrogens (primary N) is 1. The third-order valence-electron chi connectivity index (χ3n) is 2.72. The fraction of sp³-hybridized carbons (Fsp3) is 0.154. The quantitative estimate of drug-likeness (QED) is 0.660. The van der Waals surface area contributed by atoms with Crippen LogP contribution in [0.1, 0.15) is 17.2 Å². The third-order valence-corrected chi connectivity index (χ3v) is 3.07. The zero-order valence-electron chi connectivity index (χ0n) is 9.61. The van der Waals surface area contributed by atoms with Crippen LogP contribution in [0.5, 0.6) is 0 Å². The molecule has 0 aliphatic rings. The predicted octanol–water partition coefficient (Wildman–Crippen LogP) is 2.62. The second kappa shape index (κ2) is 5.91. The summed E-state index contributed by atoms with van der Waals surface area (Å²) in [6, 6.07) is 7.79. The van der Waals surface area contributed by atoms with Crippen molar-refractivity contribution in [2.45, 2.75) is 12.5 Å². The number of pyridine rings is 1. The van der Waals surface area contributed by atoms with Crippen LogP contribution in [0.25, 0.3) is 0 Å². The molecule has 1 aromatic carbocycles. The van der Waals surface area contributed by atoms with E-state index in [1.807, 2.05) is 12.1 Å². The van der Waals surface area contributed by atoms with Crippen LogP contribution in [0.2, 0.25) is 5.02 Å².